The van der Waals surface area contributed by atoms with E-state index in [9.17, 15) is 14.0 Å². The van der Waals surface area contributed by atoms with Crippen molar-refractivity contribution in [3.63, 3.8) is 0 Å². The molecule has 2 heterocycles. The average Bonchev–Trinajstić information content (AvgIpc) is 3.05. The number of carbonyl (C=O) groups excluding carboxylic acids is 1. The maximum Gasteiger partial charge on any atom is 0.334 e. The molecule has 1 aromatic heterocycles. The van der Waals surface area contributed by atoms with Gasteiger partial charge in [0.15, 0.2) is 6.10 Å². The van der Waals surface area contributed by atoms with Crippen molar-refractivity contribution in [2.45, 2.75) is 25.5 Å². The van der Waals surface area contributed by atoms with E-state index in [1.807, 2.05) is 0 Å². The third-order valence-electron chi connectivity index (χ3n) is 4.21. The summed E-state index contributed by atoms with van der Waals surface area (Å²) in [5, 5.41) is 20.4. The number of aryl methyl sites for hydroxylation is 1. The predicted octanol–water partition coefficient (Wildman–Crippen LogP) is 0.216. The third kappa shape index (κ3) is 3.85. The van der Waals surface area contributed by atoms with Gasteiger partial charge in [0.25, 0.3) is 0 Å². The Morgan fingerprint density at radius 1 is 1.46 bits per heavy atom. The van der Waals surface area contributed by atoms with Crippen molar-refractivity contribution >= 4 is 11.9 Å². The van der Waals surface area contributed by atoms with Crippen LogP contribution in [0.4, 0.5) is 4.39 Å². The number of rotatable bonds is 5. The maximum absolute atomic E-state index is 13.5. The predicted molar refractivity (Wildman–Crippen MR) is 85.7 cm³/mol. The first-order chi connectivity index (χ1) is 12.5. The highest BCUT2D eigenvalue weighted by Crippen LogP contribution is 2.20. The zero-order valence-electron chi connectivity index (χ0n) is 14.1. The van der Waals surface area contributed by atoms with Gasteiger partial charge < -0.3 is 14.7 Å². The fourth-order valence-electron chi connectivity index (χ4n) is 2.90. The zero-order valence-corrected chi connectivity index (χ0v) is 14.1. The quantitative estimate of drug-likeness (QED) is 0.809. The number of aromatic nitrogens is 4. The summed E-state index contributed by atoms with van der Waals surface area (Å²) in [5.74, 6) is -1.43. The monoisotopic (exact) mass is 363 g/mol. The van der Waals surface area contributed by atoms with Gasteiger partial charge >= 0.3 is 5.97 Å². The first-order valence-electron chi connectivity index (χ1n) is 8.08. The number of aliphatic carboxylic acids is 1. The second-order valence-corrected chi connectivity index (χ2v) is 6.00. The molecule has 3 rings (SSSR count). The number of ether oxygens (including phenoxy) is 1. The van der Waals surface area contributed by atoms with Gasteiger partial charge in [0, 0.05) is 13.0 Å². The second-order valence-electron chi connectivity index (χ2n) is 6.00. The van der Waals surface area contributed by atoms with Crippen LogP contribution in [-0.4, -0.2) is 67.9 Å². The lowest BCUT2D eigenvalue weighted by atomic mass is 10.0. The number of carbonyl (C=O) groups is 2. The Balaban J connectivity index is 1.86. The van der Waals surface area contributed by atoms with Crippen molar-refractivity contribution in [1.29, 1.82) is 0 Å². The van der Waals surface area contributed by atoms with Gasteiger partial charge in [-0.3, -0.25) is 4.79 Å². The minimum Gasteiger partial charge on any atom is -0.479 e. The van der Waals surface area contributed by atoms with Crippen LogP contribution in [0, 0.1) is 12.7 Å². The first kappa shape index (κ1) is 17.9. The second kappa shape index (κ2) is 7.56. The lowest BCUT2D eigenvalue weighted by Gasteiger charge is -2.33. The molecule has 2 atom stereocenters. The molecule has 2 aromatic rings. The molecule has 2 unspecified atom stereocenters. The number of benzene rings is 1. The molecule has 1 aliphatic rings. The van der Waals surface area contributed by atoms with Crippen molar-refractivity contribution in [3.05, 3.63) is 41.5 Å². The molecule has 1 aromatic carbocycles. The van der Waals surface area contributed by atoms with Crippen molar-refractivity contribution in [1.82, 2.24) is 25.1 Å². The largest absolute Gasteiger partial charge is 0.479 e. The van der Waals surface area contributed by atoms with E-state index in [2.05, 4.69) is 15.5 Å². The van der Waals surface area contributed by atoms with E-state index in [0.29, 0.717) is 11.4 Å². The molecule has 138 valence electrons. The molecule has 26 heavy (non-hydrogen) atoms. The number of carboxylic acid groups (broad SMARTS) is 1. The number of nitrogens with zero attached hydrogens (tertiary/aromatic N) is 5. The van der Waals surface area contributed by atoms with Gasteiger partial charge in [0.2, 0.25) is 5.91 Å². The van der Waals surface area contributed by atoms with Crippen LogP contribution in [-0.2, 0) is 20.7 Å². The smallest absolute Gasteiger partial charge is 0.334 e. The Bertz CT molecular complexity index is 811. The summed E-state index contributed by atoms with van der Waals surface area (Å²) in [6, 6.07) is 5.14. The SMILES string of the molecule is Cc1nnnn1C(Cc1cccc(F)c1)C(=O)N1CCOC(C(=O)O)C1. The van der Waals surface area contributed by atoms with Gasteiger partial charge in [0.05, 0.1) is 13.2 Å². The summed E-state index contributed by atoms with van der Waals surface area (Å²) >= 11 is 0. The number of hydrogen-bond donors (Lipinski definition) is 1. The lowest BCUT2D eigenvalue weighted by molar-refractivity contribution is -0.160. The van der Waals surface area contributed by atoms with Gasteiger partial charge in [-0.1, -0.05) is 12.1 Å². The molecule has 0 bridgehead atoms. The minimum absolute atomic E-state index is 0.0605. The highest BCUT2D eigenvalue weighted by Gasteiger charge is 2.34. The van der Waals surface area contributed by atoms with Gasteiger partial charge in [-0.2, -0.15) is 0 Å². The topological polar surface area (TPSA) is 110 Å². The molecule has 1 amide bonds. The van der Waals surface area contributed by atoms with Crippen molar-refractivity contribution in [3.8, 4) is 0 Å². The van der Waals surface area contributed by atoms with E-state index in [1.165, 1.54) is 21.7 Å². The van der Waals surface area contributed by atoms with E-state index >= 15 is 0 Å². The highest BCUT2D eigenvalue weighted by molar-refractivity contribution is 5.82. The normalized spacial score (nSPS) is 18.5. The number of tetrazole rings is 1. The standard InChI is InChI=1S/C16H18FN5O4/c1-10-18-19-20-22(10)13(8-11-3-2-4-12(17)7-11)15(23)21-5-6-26-14(9-21)16(24)25/h2-4,7,13-14H,5-6,8-9H2,1H3,(H,24,25). The zero-order chi connectivity index (χ0) is 18.7. The lowest BCUT2D eigenvalue weighted by Crippen LogP contribution is -2.51. The van der Waals surface area contributed by atoms with Crippen LogP contribution in [0.3, 0.4) is 0 Å². The van der Waals surface area contributed by atoms with Gasteiger partial charge in [-0.05, 0) is 35.0 Å². The maximum atomic E-state index is 13.5. The number of carboxylic acids is 1. The van der Waals surface area contributed by atoms with E-state index in [-0.39, 0.29) is 32.0 Å². The Kier molecular flexibility index (Phi) is 5.21. The van der Waals surface area contributed by atoms with Crippen molar-refractivity contribution in [2.24, 2.45) is 0 Å². The molecule has 1 aliphatic heterocycles. The van der Waals surface area contributed by atoms with Gasteiger partial charge in [0.1, 0.15) is 17.7 Å². The molecule has 1 fully saturated rings. The van der Waals surface area contributed by atoms with E-state index < -0.39 is 23.9 Å². The van der Waals surface area contributed by atoms with E-state index in [0.717, 1.165) is 0 Å². The molecule has 1 saturated heterocycles. The summed E-state index contributed by atoms with van der Waals surface area (Å²) in [5.41, 5.74) is 0.612. The van der Waals surface area contributed by atoms with Crippen LogP contribution >= 0.6 is 0 Å². The Morgan fingerprint density at radius 2 is 2.27 bits per heavy atom. The Morgan fingerprint density at radius 3 is 2.92 bits per heavy atom. The van der Waals surface area contributed by atoms with E-state index in [4.69, 9.17) is 9.84 Å². The number of hydrogen-bond acceptors (Lipinski definition) is 6. The molecule has 0 saturated carbocycles. The highest BCUT2D eigenvalue weighted by atomic mass is 19.1. The van der Waals surface area contributed by atoms with Crippen LogP contribution in [0.2, 0.25) is 0 Å². The number of halogens is 1. The van der Waals surface area contributed by atoms with Gasteiger partial charge in [-0.25, -0.2) is 13.9 Å². The number of morpholine rings is 1. The van der Waals surface area contributed by atoms with Gasteiger partial charge in [-0.15, -0.1) is 5.10 Å². The van der Waals surface area contributed by atoms with Crippen LogP contribution in [0.15, 0.2) is 24.3 Å². The fraction of sp³-hybridized carbons (Fsp3) is 0.438. The average molecular weight is 363 g/mol. The Hall–Kier alpha value is -2.88. The molecule has 9 nitrogen and oxygen atoms in total. The minimum atomic E-state index is -1.12. The molecule has 1 N–H and O–H groups in total. The molecule has 0 spiro atoms. The molecular weight excluding hydrogens is 345 g/mol. The molecule has 0 aliphatic carbocycles. The van der Waals surface area contributed by atoms with Crippen LogP contribution in [0.25, 0.3) is 0 Å². The van der Waals surface area contributed by atoms with Crippen LogP contribution in [0.5, 0.6) is 0 Å². The summed E-state index contributed by atoms with van der Waals surface area (Å²) in [6.45, 7) is 1.99. The molecular formula is C16H18FN5O4. The first-order valence-corrected chi connectivity index (χ1v) is 8.08. The Labute approximate surface area is 148 Å². The van der Waals surface area contributed by atoms with Crippen molar-refractivity contribution < 1.29 is 23.8 Å². The van der Waals surface area contributed by atoms with Crippen molar-refractivity contribution in [2.75, 3.05) is 19.7 Å². The molecule has 10 heteroatoms. The summed E-state index contributed by atoms with van der Waals surface area (Å²) in [4.78, 5) is 25.7. The summed E-state index contributed by atoms with van der Waals surface area (Å²) < 4.78 is 20.0. The third-order valence-corrected chi connectivity index (χ3v) is 4.21. The molecule has 0 radical (unpaired) electrons. The number of amides is 1. The summed E-state index contributed by atoms with van der Waals surface area (Å²) in [6.07, 6.45) is -0.894. The summed E-state index contributed by atoms with van der Waals surface area (Å²) in [7, 11) is 0. The van der Waals surface area contributed by atoms with Crippen LogP contribution in [0.1, 0.15) is 17.4 Å². The fourth-order valence-corrected chi connectivity index (χ4v) is 2.90. The van der Waals surface area contributed by atoms with Crippen LogP contribution < -0.4 is 0 Å². The van der Waals surface area contributed by atoms with E-state index in [1.54, 1.807) is 19.1 Å².